The van der Waals surface area contributed by atoms with Crippen molar-refractivity contribution in [2.24, 2.45) is 0 Å². The molecule has 0 radical (unpaired) electrons. The van der Waals surface area contributed by atoms with Gasteiger partial charge in [-0.05, 0) is 65.7 Å². The van der Waals surface area contributed by atoms with Crippen LogP contribution in [0.25, 0.3) is 11.6 Å². The Kier molecular flexibility index (Phi) is 7.55. The topological polar surface area (TPSA) is 71.3 Å². The van der Waals surface area contributed by atoms with Gasteiger partial charge in [-0.2, -0.15) is 5.26 Å². The van der Waals surface area contributed by atoms with Gasteiger partial charge in [0.05, 0.1) is 18.8 Å². The normalized spacial score (nSPS) is 10.8. The van der Waals surface area contributed by atoms with Crippen LogP contribution in [0, 0.1) is 11.3 Å². The summed E-state index contributed by atoms with van der Waals surface area (Å²) in [5, 5.41) is 13.4. The van der Waals surface area contributed by atoms with Crippen LogP contribution in [0.3, 0.4) is 0 Å². The lowest BCUT2D eigenvalue weighted by molar-refractivity contribution is -0.118. The Morgan fingerprint density at radius 2 is 1.65 bits per heavy atom. The quantitative estimate of drug-likeness (QED) is 0.348. The number of nitrogens with one attached hydrogen (secondary N) is 1. The first-order valence-electron chi connectivity index (χ1n) is 9.22. The van der Waals surface area contributed by atoms with Crippen molar-refractivity contribution >= 4 is 46.4 Å². The number of carbonyl (C=O) groups excluding carboxylic acids is 1. The molecule has 3 aromatic carbocycles. The predicted octanol–water partition coefficient (Wildman–Crippen LogP) is 6.08. The van der Waals surface area contributed by atoms with Crippen molar-refractivity contribution in [3.8, 4) is 17.6 Å². The van der Waals surface area contributed by atoms with Gasteiger partial charge in [0.15, 0.2) is 18.1 Å². The number of halogens is 2. The van der Waals surface area contributed by atoms with Crippen LogP contribution in [0.2, 0.25) is 10.0 Å². The van der Waals surface area contributed by atoms with Gasteiger partial charge in [-0.3, -0.25) is 4.79 Å². The number of allylic oxidation sites excluding steroid dienone is 1. The lowest BCUT2D eigenvalue weighted by Gasteiger charge is -2.12. The third kappa shape index (κ3) is 6.26. The molecule has 0 saturated carbocycles. The maximum atomic E-state index is 12.1. The summed E-state index contributed by atoms with van der Waals surface area (Å²) in [4.78, 5) is 12.1. The molecule has 0 aliphatic heterocycles. The summed E-state index contributed by atoms with van der Waals surface area (Å²) in [5.74, 6) is 0.542. The summed E-state index contributed by atoms with van der Waals surface area (Å²) in [6, 6.07) is 21.2. The molecule has 0 atom stereocenters. The minimum Gasteiger partial charge on any atom is -0.493 e. The number of nitriles is 1. The Hall–Kier alpha value is -3.46. The van der Waals surface area contributed by atoms with E-state index in [-0.39, 0.29) is 12.5 Å². The number of hydrogen-bond donors (Lipinski definition) is 1. The van der Waals surface area contributed by atoms with Crippen molar-refractivity contribution in [1.82, 2.24) is 0 Å². The second kappa shape index (κ2) is 10.5. The van der Waals surface area contributed by atoms with Crippen LogP contribution in [-0.4, -0.2) is 19.6 Å². The lowest BCUT2D eigenvalue weighted by Crippen LogP contribution is -2.20. The van der Waals surface area contributed by atoms with Crippen LogP contribution in [-0.2, 0) is 4.79 Å². The van der Waals surface area contributed by atoms with Gasteiger partial charge in [0.1, 0.15) is 0 Å². The highest BCUT2D eigenvalue weighted by atomic mass is 35.5. The van der Waals surface area contributed by atoms with Crippen LogP contribution in [0.5, 0.6) is 11.5 Å². The summed E-state index contributed by atoms with van der Waals surface area (Å²) in [6.45, 7) is -0.192. The maximum absolute atomic E-state index is 12.1. The molecule has 5 nitrogen and oxygen atoms in total. The highest BCUT2D eigenvalue weighted by molar-refractivity contribution is 6.30. The van der Waals surface area contributed by atoms with Crippen LogP contribution in [0.4, 0.5) is 5.69 Å². The third-order valence-electron chi connectivity index (χ3n) is 4.26. The number of rotatable bonds is 7. The van der Waals surface area contributed by atoms with Crippen molar-refractivity contribution < 1.29 is 14.3 Å². The molecular formula is C24H18Cl2N2O3. The van der Waals surface area contributed by atoms with Gasteiger partial charge in [-0.1, -0.05) is 41.4 Å². The highest BCUT2D eigenvalue weighted by Gasteiger charge is 2.10. The monoisotopic (exact) mass is 452 g/mol. The number of ether oxygens (including phenoxy) is 2. The van der Waals surface area contributed by atoms with Gasteiger partial charge < -0.3 is 14.8 Å². The van der Waals surface area contributed by atoms with Crippen LogP contribution in [0.1, 0.15) is 11.1 Å². The van der Waals surface area contributed by atoms with E-state index < -0.39 is 0 Å². The van der Waals surface area contributed by atoms with E-state index >= 15 is 0 Å². The molecule has 3 aromatic rings. The summed E-state index contributed by atoms with van der Waals surface area (Å²) in [7, 11) is 1.51. The zero-order valence-corrected chi connectivity index (χ0v) is 18.1. The number of carbonyl (C=O) groups is 1. The molecule has 156 valence electrons. The molecule has 1 amide bonds. The molecule has 7 heteroatoms. The fourth-order valence-corrected chi connectivity index (χ4v) is 3.00. The summed E-state index contributed by atoms with van der Waals surface area (Å²) >= 11 is 11.8. The molecule has 0 heterocycles. The fourth-order valence-electron chi connectivity index (χ4n) is 2.74. The van der Waals surface area contributed by atoms with Crippen molar-refractivity contribution in [3.05, 3.63) is 87.9 Å². The van der Waals surface area contributed by atoms with Gasteiger partial charge in [-0.25, -0.2) is 0 Å². The van der Waals surface area contributed by atoms with E-state index in [0.29, 0.717) is 32.8 Å². The number of amides is 1. The van der Waals surface area contributed by atoms with E-state index in [1.807, 2.05) is 0 Å². The molecule has 1 N–H and O–H groups in total. The fraction of sp³-hybridized carbons (Fsp3) is 0.0833. The minimum absolute atomic E-state index is 0.192. The van der Waals surface area contributed by atoms with E-state index in [9.17, 15) is 10.1 Å². The van der Waals surface area contributed by atoms with Crippen LogP contribution >= 0.6 is 23.2 Å². The SMILES string of the molecule is COc1cc(/C=C(\C#N)c2ccc(Cl)cc2)ccc1OCC(=O)Nc1ccc(Cl)cc1. The van der Waals surface area contributed by atoms with Crippen molar-refractivity contribution in [2.45, 2.75) is 0 Å². The highest BCUT2D eigenvalue weighted by Crippen LogP contribution is 2.30. The molecule has 0 aliphatic carbocycles. The molecule has 31 heavy (non-hydrogen) atoms. The lowest BCUT2D eigenvalue weighted by atomic mass is 10.0. The minimum atomic E-state index is -0.317. The number of methoxy groups -OCH3 is 1. The number of benzene rings is 3. The van der Waals surface area contributed by atoms with Gasteiger partial charge in [0, 0.05) is 15.7 Å². The first kappa shape index (κ1) is 22.2. The average molecular weight is 453 g/mol. The van der Waals surface area contributed by atoms with Crippen LogP contribution in [0.15, 0.2) is 66.7 Å². The number of hydrogen-bond acceptors (Lipinski definition) is 4. The van der Waals surface area contributed by atoms with E-state index in [1.54, 1.807) is 72.8 Å². The molecule has 0 saturated heterocycles. The number of anilines is 1. The summed E-state index contributed by atoms with van der Waals surface area (Å²) in [5.41, 5.74) is 2.61. The van der Waals surface area contributed by atoms with E-state index in [0.717, 1.165) is 11.1 Å². The first-order valence-corrected chi connectivity index (χ1v) is 9.98. The smallest absolute Gasteiger partial charge is 0.262 e. The van der Waals surface area contributed by atoms with E-state index in [1.165, 1.54) is 7.11 Å². The zero-order chi connectivity index (χ0) is 22.2. The van der Waals surface area contributed by atoms with Gasteiger partial charge in [0.25, 0.3) is 5.91 Å². The Labute approximate surface area is 190 Å². The Balaban J connectivity index is 1.70. The second-order valence-electron chi connectivity index (χ2n) is 6.43. The molecule has 0 fully saturated rings. The Morgan fingerprint density at radius 3 is 2.26 bits per heavy atom. The largest absolute Gasteiger partial charge is 0.493 e. The molecule has 0 unspecified atom stereocenters. The molecule has 0 spiro atoms. The third-order valence-corrected chi connectivity index (χ3v) is 4.77. The van der Waals surface area contributed by atoms with Crippen molar-refractivity contribution in [3.63, 3.8) is 0 Å². The first-order chi connectivity index (χ1) is 15.0. The van der Waals surface area contributed by atoms with Crippen LogP contribution < -0.4 is 14.8 Å². The second-order valence-corrected chi connectivity index (χ2v) is 7.30. The van der Waals surface area contributed by atoms with Gasteiger partial charge >= 0.3 is 0 Å². The standard InChI is InChI=1S/C24H18Cl2N2O3/c1-30-23-13-16(12-18(14-27)17-3-5-19(25)6-4-17)2-11-22(23)31-15-24(29)28-21-9-7-20(26)8-10-21/h2-13H,15H2,1H3,(H,28,29)/b18-12+. The predicted molar refractivity (Wildman–Crippen MR) is 124 cm³/mol. The Morgan fingerprint density at radius 1 is 1.00 bits per heavy atom. The zero-order valence-electron chi connectivity index (χ0n) is 16.6. The van der Waals surface area contributed by atoms with Crippen molar-refractivity contribution in [1.29, 1.82) is 5.26 Å². The molecule has 0 aromatic heterocycles. The van der Waals surface area contributed by atoms with Crippen molar-refractivity contribution in [2.75, 3.05) is 19.0 Å². The Bertz CT molecular complexity index is 1130. The molecule has 0 bridgehead atoms. The number of nitrogens with zero attached hydrogens (tertiary/aromatic N) is 1. The van der Waals surface area contributed by atoms with E-state index in [2.05, 4.69) is 11.4 Å². The van der Waals surface area contributed by atoms with Gasteiger partial charge in [-0.15, -0.1) is 0 Å². The average Bonchev–Trinajstić information content (AvgIpc) is 2.78. The van der Waals surface area contributed by atoms with Gasteiger partial charge in [0.2, 0.25) is 0 Å². The summed E-state index contributed by atoms with van der Waals surface area (Å²) in [6.07, 6.45) is 1.74. The maximum Gasteiger partial charge on any atom is 0.262 e. The molecule has 3 rings (SSSR count). The summed E-state index contributed by atoms with van der Waals surface area (Å²) < 4.78 is 11.0. The molecule has 0 aliphatic rings. The van der Waals surface area contributed by atoms with E-state index in [4.69, 9.17) is 32.7 Å². The molecular weight excluding hydrogens is 435 g/mol.